The van der Waals surface area contributed by atoms with Crippen LogP contribution in [-0.2, 0) is 16.0 Å². The zero-order chi connectivity index (χ0) is 15.2. The highest BCUT2D eigenvalue weighted by Crippen LogP contribution is 2.29. The summed E-state index contributed by atoms with van der Waals surface area (Å²) >= 11 is 0. The van der Waals surface area contributed by atoms with Gasteiger partial charge in [-0.05, 0) is 30.2 Å². The highest BCUT2D eigenvalue weighted by atomic mass is 16.5. The second kappa shape index (κ2) is 6.75. The quantitative estimate of drug-likeness (QED) is 0.671. The minimum atomic E-state index is -0.378. The molecule has 3 nitrogen and oxygen atoms in total. The fraction of sp³-hybridized carbons (Fsp3) is 0.167. The average Bonchev–Trinajstić information content (AvgIpc) is 2.49. The monoisotopic (exact) mass is 282 g/mol. The van der Waals surface area contributed by atoms with Gasteiger partial charge in [0.15, 0.2) is 0 Å². The van der Waals surface area contributed by atoms with Gasteiger partial charge in [-0.25, -0.2) is 4.79 Å². The van der Waals surface area contributed by atoms with Gasteiger partial charge in [-0.3, -0.25) is 0 Å². The summed E-state index contributed by atoms with van der Waals surface area (Å²) in [7, 11) is 0. The van der Waals surface area contributed by atoms with Crippen molar-refractivity contribution in [1.82, 2.24) is 0 Å². The SMILES string of the molecule is C=C(C)C(=O)OCCc1ccc(O)c(-c2ccccc2)c1. The van der Waals surface area contributed by atoms with Crippen LogP contribution >= 0.6 is 0 Å². The highest BCUT2D eigenvalue weighted by molar-refractivity contribution is 5.86. The van der Waals surface area contributed by atoms with E-state index in [-0.39, 0.29) is 11.7 Å². The number of aromatic hydroxyl groups is 1. The Labute approximate surface area is 124 Å². The average molecular weight is 282 g/mol. The molecule has 0 aromatic heterocycles. The maximum Gasteiger partial charge on any atom is 0.333 e. The molecule has 0 unspecified atom stereocenters. The molecule has 108 valence electrons. The summed E-state index contributed by atoms with van der Waals surface area (Å²) in [5.74, 6) is -0.138. The predicted octanol–water partition coefficient (Wildman–Crippen LogP) is 3.72. The van der Waals surface area contributed by atoms with Crippen LogP contribution in [0.4, 0.5) is 0 Å². The molecular formula is C18H18O3. The summed E-state index contributed by atoms with van der Waals surface area (Å²) in [4.78, 5) is 11.3. The first-order valence-corrected chi connectivity index (χ1v) is 6.78. The van der Waals surface area contributed by atoms with E-state index in [2.05, 4.69) is 6.58 Å². The molecule has 0 aliphatic rings. The number of hydrogen-bond donors (Lipinski definition) is 1. The molecule has 1 N–H and O–H groups in total. The Morgan fingerprint density at radius 3 is 2.57 bits per heavy atom. The van der Waals surface area contributed by atoms with E-state index in [0.29, 0.717) is 18.6 Å². The maximum absolute atomic E-state index is 11.3. The first-order chi connectivity index (χ1) is 10.1. The Morgan fingerprint density at radius 2 is 1.90 bits per heavy atom. The number of carbonyl (C=O) groups is 1. The Bertz CT molecular complexity index is 645. The summed E-state index contributed by atoms with van der Waals surface area (Å²) in [5, 5.41) is 9.98. The first kappa shape index (κ1) is 14.9. The minimum absolute atomic E-state index is 0.240. The molecule has 2 rings (SSSR count). The molecule has 0 amide bonds. The molecule has 0 heterocycles. The van der Waals surface area contributed by atoms with Gasteiger partial charge in [-0.2, -0.15) is 0 Å². The molecule has 0 spiro atoms. The molecule has 0 bridgehead atoms. The van der Waals surface area contributed by atoms with E-state index in [0.717, 1.165) is 16.7 Å². The predicted molar refractivity (Wildman–Crippen MR) is 83.0 cm³/mol. The third kappa shape index (κ3) is 3.96. The van der Waals surface area contributed by atoms with Gasteiger partial charge in [0, 0.05) is 17.6 Å². The van der Waals surface area contributed by atoms with Crippen LogP contribution in [0.1, 0.15) is 12.5 Å². The molecular weight excluding hydrogens is 264 g/mol. The van der Waals surface area contributed by atoms with Gasteiger partial charge in [0.25, 0.3) is 0 Å². The molecule has 0 atom stereocenters. The standard InChI is InChI=1S/C18H18O3/c1-13(2)18(20)21-11-10-14-8-9-17(19)16(12-14)15-6-4-3-5-7-15/h3-9,12,19H,1,10-11H2,2H3. The van der Waals surface area contributed by atoms with E-state index in [9.17, 15) is 9.90 Å². The normalized spacial score (nSPS) is 10.1. The van der Waals surface area contributed by atoms with Crippen molar-refractivity contribution < 1.29 is 14.6 Å². The van der Waals surface area contributed by atoms with Crippen molar-refractivity contribution in [3.05, 3.63) is 66.2 Å². The van der Waals surface area contributed by atoms with Crippen LogP contribution in [0.25, 0.3) is 11.1 Å². The molecule has 0 saturated heterocycles. The lowest BCUT2D eigenvalue weighted by molar-refractivity contribution is -0.138. The van der Waals surface area contributed by atoms with Crippen LogP contribution in [0.5, 0.6) is 5.75 Å². The van der Waals surface area contributed by atoms with Gasteiger partial charge in [0.1, 0.15) is 5.75 Å². The summed E-state index contributed by atoms with van der Waals surface area (Å²) in [6, 6.07) is 15.1. The van der Waals surface area contributed by atoms with Crippen LogP contribution in [-0.4, -0.2) is 17.7 Å². The molecule has 0 saturated carbocycles. The van der Waals surface area contributed by atoms with Gasteiger partial charge < -0.3 is 9.84 Å². The van der Waals surface area contributed by atoms with Crippen molar-refractivity contribution in [2.24, 2.45) is 0 Å². The number of carbonyl (C=O) groups excluding carboxylic acids is 1. The Kier molecular flexibility index (Phi) is 4.77. The van der Waals surface area contributed by atoms with Crippen LogP contribution in [0.2, 0.25) is 0 Å². The fourth-order valence-electron chi connectivity index (χ4n) is 1.97. The molecule has 3 heteroatoms. The summed E-state index contributed by atoms with van der Waals surface area (Å²) < 4.78 is 5.08. The lowest BCUT2D eigenvalue weighted by atomic mass is 10.0. The number of rotatable bonds is 5. The van der Waals surface area contributed by atoms with Crippen molar-refractivity contribution in [3.8, 4) is 16.9 Å². The summed E-state index contributed by atoms with van der Waals surface area (Å²) in [6.45, 7) is 5.46. The highest BCUT2D eigenvalue weighted by Gasteiger charge is 2.07. The van der Waals surface area contributed by atoms with Gasteiger partial charge in [0.2, 0.25) is 0 Å². The second-order valence-electron chi connectivity index (χ2n) is 4.88. The van der Waals surface area contributed by atoms with E-state index in [1.54, 1.807) is 13.0 Å². The van der Waals surface area contributed by atoms with Crippen molar-refractivity contribution >= 4 is 5.97 Å². The van der Waals surface area contributed by atoms with Gasteiger partial charge in [-0.1, -0.05) is 43.0 Å². The van der Waals surface area contributed by atoms with Crippen molar-refractivity contribution in [2.45, 2.75) is 13.3 Å². The topological polar surface area (TPSA) is 46.5 Å². The number of ether oxygens (including phenoxy) is 1. The van der Waals surface area contributed by atoms with E-state index in [1.165, 1.54) is 0 Å². The molecule has 0 fully saturated rings. The first-order valence-electron chi connectivity index (χ1n) is 6.78. The zero-order valence-electron chi connectivity index (χ0n) is 12.0. The Hall–Kier alpha value is -2.55. The van der Waals surface area contributed by atoms with E-state index < -0.39 is 0 Å². The molecule has 0 aliphatic heterocycles. The third-order valence-corrected chi connectivity index (χ3v) is 3.12. The smallest absolute Gasteiger partial charge is 0.333 e. The molecule has 21 heavy (non-hydrogen) atoms. The van der Waals surface area contributed by atoms with Crippen LogP contribution in [0.3, 0.4) is 0 Å². The molecule has 2 aromatic carbocycles. The number of esters is 1. The van der Waals surface area contributed by atoms with Gasteiger partial charge in [0.05, 0.1) is 6.61 Å². The number of phenolic OH excluding ortho intramolecular Hbond substituents is 1. The van der Waals surface area contributed by atoms with Crippen molar-refractivity contribution in [2.75, 3.05) is 6.61 Å². The lowest BCUT2D eigenvalue weighted by Crippen LogP contribution is -2.08. The number of phenols is 1. The van der Waals surface area contributed by atoms with Crippen molar-refractivity contribution in [1.29, 1.82) is 0 Å². The fourth-order valence-corrected chi connectivity index (χ4v) is 1.97. The van der Waals surface area contributed by atoms with Crippen LogP contribution in [0, 0.1) is 0 Å². The molecule has 0 radical (unpaired) electrons. The van der Waals surface area contributed by atoms with E-state index >= 15 is 0 Å². The maximum atomic E-state index is 11.3. The zero-order valence-corrected chi connectivity index (χ0v) is 12.0. The van der Waals surface area contributed by atoms with Gasteiger partial charge >= 0.3 is 5.97 Å². The second-order valence-corrected chi connectivity index (χ2v) is 4.88. The van der Waals surface area contributed by atoms with Gasteiger partial charge in [-0.15, -0.1) is 0 Å². The van der Waals surface area contributed by atoms with E-state index in [4.69, 9.17) is 4.74 Å². The summed E-state index contributed by atoms with van der Waals surface area (Å²) in [5.41, 5.74) is 3.13. The molecule has 2 aromatic rings. The lowest BCUT2D eigenvalue weighted by Gasteiger charge is -2.09. The largest absolute Gasteiger partial charge is 0.507 e. The molecule has 0 aliphatic carbocycles. The minimum Gasteiger partial charge on any atom is -0.507 e. The van der Waals surface area contributed by atoms with Crippen LogP contribution in [0.15, 0.2) is 60.7 Å². The Morgan fingerprint density at radius 1 is 1.19 bits per heavy atom. The van der Waals surface area contributed by atoms with Crippen LogP contribution < -0.4 is 0 Å². The van der Waals surface area contributed by atoms with E-state index in [1.807, 2.05) is 42.5 Å². The Balaban J connectivity index is 2.09. The summed E-state index contributed by atoms with van der Waals surface area (Å²) in [6.07, 6.45) is 0.596. The van der Waals surface area contributed by atoms with Crippen molar-refractivity contribution in [3.63, 3.8) is 0 Å². The number of benzene rings is 2. The third-order valence-electron chi connectivity index (χ3n) is 3.12. The number of hydrogen-bond acceptors (Lipinski definition) is 3.